The van der Waals surface area contributed by atoms with Gasteiger partial charge in [0.05, 0.1) is 23.1 Å². The molecule has 0 saturated carbocycles. The molecule has 19 heavy (non-hydrogen) atoms. The highest BCUT2D eigenvalue weighted by Gasteiger charge is 2.18. The number of aromatic amines is 1. The maximum atomic E-state index is 12.1. The Morgan fingerprint density at radius 3 is 2.58 bits per heavy atom. The summed E-state index contributed by atoms with van der Waals surface area (Å²) in [6, 6.07) is 9.55. The molecule has 2 N–H and O–H groups in total. The average Bonchev–Trinajstić information content (AvgIpc) is 2.85. The lowest BCUT2D eigenvalue weighted by Crippen LogP contribution is -2.33. The van der Waals surface area contributed by atoms with E-state index in [1.807, 2.05) is 51.1 Å². The molecular weight excluding hydrogens is 242 g/mol. The zero-order chi connectivity index (χ0) is 13.9. The lowest BCUT2D eigenvalue weighted by atomic mass is 10.1. The van der Waals surface area contributed by atoms with Crippen molar-refractivity contribution in [3.8, 4) is 11.3 Å². The van der Waals surface area contributed by atoms with Crippen LogP contribution in [-0.4, -0.2) is 21.7 Å². The first-order valence-corrected chi connectivity index (χ1v) is 6.04. The van der Waals surface area contributed by atoms with Crippen LogP contribution in [0.1, 0.15) is 31.1 Å². The number of carbonyl (C=O) groups is 1. The highest BCUT2D eigenvalue weighted by Crippen LogP contribution is 2.20. The van der Waals surface area contributed by atoms with Crippen LogP contribution in [0.3, 0.4) is 0 Å². The topological polar surface area (TPSA) is 67.0 Å². The molecule has 1 aromatic carbocycles. The van der Waals surface area contributed by atoms with Gasteiger partial charge in [-0.25, -0.2) is 5.48 Å². The van der Waals surface area contributed by atoms with Crippen molar-refractivity contribution >= 4 is 5.91 Å². The molecule has 5 heteroatoms. The van der Waals surface area contributed by atoms with E-state index >= 15 is 0 Å². The van der Waals surface area contributed by atoms with Crippen molar-refractivity contribution in [3.63, 3.8) is 0 Å². The van der Waals surface area contributed by atoms with Crippen molar-refractivity contribution < 1.29 is 9.63 Å². The standard InChI is InChI=1S/C14H17N3O2/c1-14(2,3)19-17-13(18)11-9-15-16-12(11)10-7-5-4-6-8-10/h4-9H,1-3H3,(H,15,16)(H,17,18). The summed E-state index contributed by atoms with van der Waals surface area (Å²) >= 11 is 0. The third-order valence-corrected chi connectivity index (χ3v) is 2.40. The number of aromatic nitrogens is 2. The minimum absolute atomic E-state index is 0.317. The number of H-pyrrole nitrogens is 1. The number of amides is 1. The number of hydrogen-bond acceptors (Lipinski definition) is 3. The minimum Gasteiger partial charge on any atom is -0.277 e. The molecule has 0 radical (unpaired) electrons. The van der Waals surface area contributed by atoms with Crippen molar-refractivity contribution in [1.29, 1.82) is 0 Å². The molecule has 0 saturated heterocycles. The fourth-order valence-corrected chi connectivity index (χ4v) is 1.54. The molecule has 5 nitrogen and oxygen atoms in total. The highest BCUT2D eigenvalue weighted by molar-refractivity contribution is 5.99. The Bertz CT molecular complexity index is 556. The third-order valence-electron chi connectivity index (χ3n) is 2.40. The van der Waals surface area contributed by atoms with Crippen molar-refractivity contribution in [2.45, 2.75) is 26.4 Å². The number of nitrogens with zero attached hydrogens (tertiary/aromatic N) is 1. The average molecular weight is 259 g/mol. The Kier molecular flexibility index (Phi) is 3.66. The van der Waals surface area contributed by atoms with Gasteiger partial charge in [-0.2, -0.15) is 5.10 Å². The van der Waals surface area contributed by atoms with E-state index in [4.69, 9.17) is 4.84 Å². The second-order valence-electron chi connectivity index (χ2n) is 5.17. The minimum atomic E-state index is -0.438. The van der Waals surface area contributed by atoms with Crippen LogP contribution in [0.5, 0.6) is 0 Å². The number of hydroxylamine groups is 1. The maximum absolute atomic E-state index is 12.1. The number of carbonyl (C=O) groups excluding carboxylic acids is 1. The predicted octanol–water partition coefficient (Wildman–Crippen LogP) is 2.54. The summed E-state index contributed by atoms with van der Waals surface area (Å²) in [6.45, 7) is 5.59. The molecule has 0 fully saturated rings. The normalized spacial score (nSPS) is 11.3. The molecular formula is C14H17N3O2. The van der Waals surface area contributed by atoms with Crippen LogP contribution in [0, 0.1) is 0 Å². The molecule has 100 valence electrons. The Morgan fingerprint density at radius 2 is 1.95 bits per heavy atom. The van der Waals surface area contributed by atoms with E-state index in [2.05, 4.69) is 15.7 Å². The Hall–Kier alpha value is -2.14. The molecule has 0 aliphatic heterocycles. The number of hydrogen-bond donors (Lipinski definition) is 2. The van der Waals surface area contributed by atoms with E-state index in [1.165, 1.54) is 6.20 Å². The van der Waals surface area contributed by atoms with Crippen molar-refractivity contribution in [2.75, 3.05) is 0 Å². The lowest BCUT2D eigenvalue weighted by molar-refractivity contribution is -0.0589. The molecule has 0 aliphatic carbocycles. The maximum Gasteiger partial charge on any atom is 0.278 e. The zero-order valence-corrected chi connectivity index (χ0v) is 11.2. The summed E-state index contributed by atoms with van der Waals surface area (Å²) in [5.74, 6) is -0.317. The van der Waals surface area contributed by atoms with E-state index < -0.39 is 5.60 Å². The lowest BCUT2D eigenvalue weighted by Gasteiger charge is -2.18. The van der Waals surface area contributed by atoms with Gasteiger partial charge in [-0.15, -0.1) is 0 Å². The van der Waals surface area contributed by atoms with E-state index in [9.17, 15) is 4.79 Å². The van der Waals surface area contributed by atoms with Gasteiger partial charge in [0.25, 0.3) is 5.91 Å². The van der Waals surface area contributed by atoms with Gasteiger partial charge in [0, 0.05) is 5.56 Å². The van der Waals surface area contributed by atoms with Gasteiger partial charge in [0.2, 0.25) is 0 Å². The number of benzene rings is 1. The monoisotopic (exact) mass is 259 g/mol. The van der Waals surface area contributed by atoms with Crippen LogP contribution in [0.2, 0.25) is 0 Å². The van der Waals surface area contributed by atoms with Gasteiger partial charge in [-0.3, -0.25) is 14.7 Å². The van der Waals surface area contributed by atoms with Gasteiger partial charge in [-0.05, 0) is 20.8 Å². The summed E-state index contributed by atoms with van der Waals surface area (Å²) in [7, 11) is 0. The van der Waals surface area contributed by atoms with Gasteiger partial charge in [-0.1, -0.05) is 30.3 Å². The SMILES string of the molecule is CC(C)(C)ONC(=O)c1cn[nH]c1-c1ccccc1. The van der Waals surface area contributed by atoms with Gasteiger partial charge in [0.15, 0.2) is 0 Å². The first-order chi connectivity index (χ1) is 8.97. The predicted molar refractivity (Wildman–Crippen MR) is 72.3 cm³/mol. The quantitative estimate of drug-likeness (QED) is 0.832. The van der Waals surface area contributed by atoms with Gasteiger partial charge < -0.3 is 0 Å². The molecule has 0 unspecified atom stereocenters. The van der Waals surface area contributed by atoms with Crippen molar-refractivity contribution in [2.24, 2.45) is 0 Å². The molecule has 0 spiro atoms. The first-order valence-electron chi connectivity index (χ1n) is 6.04. The van der Waals surface area contributed by atoms with E-state index in [1.54, 1.807) is 0 Å². The molecule has 0 atom stereocenters. The fourth-order valence-electron chi connectivity index (χ4n) is 1.54. The molecule has 0 bridgehead atoms. The van der Waals surface area contributed by atoms with Crippen LogP contribution < -0.4 is 5.48 Å². The Morgan fingerprint density at radius 1 is 1.26 bits per heavy atom. The smallest absolute Gasteiger partial charge is 0.277 e. The number of nitrogens with one attached hydrogen (secondary N) is 2. The van der Waals surface area contributed by atoms with Gasteiger partial charge >= 0.3 is 0 Å². The van der Waals surface area contributed by atoms with E-state index in [0.717, 1.165) is 5.56 Å². The van der Waals surface area contributed by atoms with Crippen LogP contribution in [-0.2, 0) is 4.84 Å². The zero-order valence-electron chi connectivity index (χ0n) is 11.2. The molecule has 1 amide bonds. The van der Waals surface area contributed by atoms with E-state index in [0.29, 0.717) is 11.3 Å². The molecule has 2 rings (SSSR count). The second kappa shape index (κ2) is 5.24. The third kappa shape index (κ3) is 3.42. The highest BCUT2D eigenvalue weighted by atomic mass is 16.7. The first kappa shape index (κ1) is 13.3. The molecule has 2 aromatic rings. The summed E-state index contributed by atoms with van der Waals surface area (Å²) < 4.78 is 0. The number of rotatable bonds is 3. The van der Waals surface area contributed by atoms with Crippen LogP contribution >= 0.6 is 0 Å². The molecule has 1 aromatic heterocycles. The Balaban J connectivity index is 2.18. The van der Waals surface area contributed by atoms with Crippen LogP contribution in [0.25, 0.3) is 11.3 Å². The van der Waals surface area contributed by atoms with Crippen LogP contribution in [0.4, 0.5) is 0 Å². The largest absolute Gasteiger partial charge is 0.278 e. The second-order valence-corrected chi connectivity index (χ2v) is 5.17. The summed E-state index contributed by atoms with van der Waals surface area (Å²) in [4.78, 5) is 17.3. The summed E-state index contributed by atoms with van der Waals surface area (Å²) in [5.41, 5.74) is 4.03. The van der Waals surface area contributed by atoms with E-state index in [-0.39, 0.29) is 5.91 Å². The Labute approximate surface area is 111 Å². The molecule has 1 heterocycles. The fraction of sp³-hybridized carbons (Fsp3) is 0.286. The van der Waals surface area contributed by atoms with Crippen LogP contribution in [0.15, 0.2) is 36.5 Å². The van der Waals surface area contributed by atoms with Crippen molar-refractivity contribution in [1.82, 2.24) is 15.7 Å². The summed E-state index contributed by atoms with van der Waals surface area (Å²) in [5, 5.41) is 6.76. The summed E-state index contributed by atoms with van der Waals surface area (Å²) in [6.07, 6.45) is 1.49. The van der Waals surface area contributed by atoms with Gasteiger partial charge in [0.1, 0.15) is 0 Å². The van der Waals surface area contributed by atoms with Crippen molar-refractivity contribution in [3.05, 3.63) is 42.1 Å². The molecule has 0 aliphatic rings.